The first-order valence-electron chi connectivity index (χ1n) is 8.63. The van der Waals surface area contributed by atoms with Crippen molar-refractivity contribution in [1.82, 2.24) is 15.5 Å². The molecule has 2 heterocycles. The molecule has 0 saturated heterocycles. The Bertz CT molecular complexity index is 455. The summed E-state index contributed by atoms with van der Waals surface area (Å²) >= 11 is 1.90. The van der Waals surface area contributed by atoms with Crippen LogP contribution in [0, 0.1) is 0 Å². The molecule has 0 unspecified atom stereocenters. The standard InChI is InChI=1S/C17H30N4S/c1-3-5-6-9-19-17(18-4-2)20-10-12-21-11-7-16-15(14-21)8-13-22-16/h8,13H,3-7,9-12,14H2,1-2H3,(H2,18,19,20). The zero-order valence-corrected chi connectivity index (χ0v) is 14.8. The highest BCUT2D eigenvalue weighted by Gasteiger charge is 2.16. The van der Waals surface area contributed by atoms with Crippen molar-refractivity contribution in [3.8, 4) is 0 Å². The van der Waals surface area contributed by atoms with E-state index >= 15 is 0 Å². The number of nitrogens with zero attached hydrogens (tertiary/aromatic N) is 2. The highest BCUT2D eigenvalue weighted by atomic mass is 32.1. The largest absolute Gasteiger partial charge is 0.357 e. The summed E-state index contributed by atoms with van der Waals surface area (Å²) in [5.74, 6) is 0.965. The number of hydrogen-bond donors (Lipinski definition) is 2. The van der Waals surface area contributed by atoms with Gasteiger partial charge < -0.3 is 10.6 Å². The summed E-state index contributed by atoms with van der Waals surface area (Å²) in [7, 11) is 0. The Hall–Kier alpha value is -1.07. The van der Waals surface area contributed by atoms with Crippen LogP contribution in [0.1, 0.15) is 43.6 Å². The van der Waals surface area contributed by atoms with Crippen molar-refractivity contribution >= 4 is 17.3 Å². The number of nitrogens with one attached hydrogen (secondary N) is 2. The van der Waals surface area contributed by atoms with Crippen molar-refractivity contribution in [2.45, 2.75) is 46.1 Å². The Labute approximate surface area is 139 Å². The van der Waals surface area contributed by atoms with E-state index in [2.05, 4.69) is 45.8 Å². The summed E-state index contributed by atoms with van der Waals surface area (Å²) in [5, 5.41) is 9.01. The van der Waals surface area contributed by atoms with Gasteiger partial charge >= 0.3 is 0 Å². The fraction of sp³-hybridized carbons (Fsp3) is 0.706. The summed E-state index contributed by atoms with van der Waals surface area (Å²) in [4.78, 5) is 8.75. The third kappa shape index (κ3) is 5.61. The number of aliphatic imine (C=N–C) groups is 1. The zero-order valence-electron chi connectivity index (χ0n) is 14.0. The number of hydrogen-bond acceptors (Lipinski definition) is 3. The molecule has 0 aliphatic carbocycles. The van der Waals surface area contributed by atoms with Gasteiger partial charge in [-0.3, -0.25) is 9.89 Å². The van der Waals surface area contributed by atoms with Crippen LogP contribution in [0.2, 0.25) is 0 Å². The van der Waals surface area contributed by atoms with Crippen LogP contribution in [0.15, 0.2) is 16.4 Å². The second-order valence-corrected chi connectivity index (χ2v) is 6.79. The topological polar surface area (TPSA) is 39.7 Å². The lowest BCUT2D eigenvalue weighted by Gasteiger charge is -2.27. The van der Waals surface area contributed by atoms with Gasteiger partial charge in [-0.15, -0.1) is 11.3 Å². The maximum absolute atomic E-state index is 4.64. The number of rotatable bonds is 8. The predicted molar refractivity (Wildman–Crippen MR) is 96.8 cm³/mol. The predicted octanol–water partition coefficient (Wildman–Crippen LogP) is 2.85. The number of thiophene rings is 1. The van der Waals surface area contributed by atoms with Crippen molar-refractivity contribution in [3.05, 3.63) is 21.9 Å². The Morgan fingerprint density at radius 1 is 1.32 bits per heavy atom. The van der Waals surface area contributed by atoms with Crippen molar-refractivity contribution in [2.75, 3.05) is 32.7 Å². The van der Waals surface area contributed by atoms with Crippen LogP contribution in [0.25, 0.3) is 0 Å². The van der Waals surface area contributed by atoms with Gasteiger partial charge in [0.2, 0.25) is 0 Å². The maximum atomic E-state index is 4.64. The summed E-state index contributed by atoms with van der Waals surface area (Å²) in [6.07, 6.45) is 4.90. The van der Waals surface area contributed by atoms with Crippen LogP contribution in [-0.4, -0.2) is 43.6 Å². The fourth-order valence-corrected chi connectivity index (χ4v) is 3.61. The van der Waals surface area contributed by atoms with E-state index in [4.69, 9.17) is 0 Å². The first-order chi connectivity index (χ1) is 10.8. The molecule has 1 aliphatic heterocycles. The Kier molecular flexibility index (Phi) is 7.74. The summed E-state index contributed by atoms with van der Waals surface area (Å²) in [6.45, 7) is 10.5. The van der Waals surface area contributed by atoms with Crippen molar-refractivity contribution < 1.29 is 0 Å². The minimum atomic E-state index is 0.918. The molecule has 1 aromatic rings. The summed E-state index contributed by atoms with van der Waals surface area (Å²) in [6, 6.07) is 2.28. The Morgan fingerprint density at radius 3 is 3.05 bits per heavy atom. The molecule has 0 spiro atoms. The van der Waals surface area contributed by atoms with Crippen LogP contribution in [0.4, 0.5) is 0 Å². The van der Waals surface area contributed by atoms with E-state index in [0.29, 0.717) is 0 Å². The smallest absolute Gasteiger partial charge is 0.191 e. The molecule has 4 nitrogen and oxygen atoms in total. The minimum Gasteiger partial charge on any atom is -0.357 e. The van der Waals surface area contributed by atoms with E-state index < -0.39 is 0 Å². The molecule has 0 radical (unpaired) electrons. The number of fused-ring (bicyclic) bond motifs is 1. The average Bonchev–Trinajstić information content (AvgIpc) is 2.99. The van der Waals surface area contributed by atoms with Gasteiger partial charge in [0.05, 0.1) is 0 Å². The lowest BCUT2D eigenvalue weighted by Crippen LogP contribution is -2.42. The van der Waals surface area contributed by atoms with Gasteiger partial charge in [-0.1, -0.05) is 19.8 Å². The zero-order chi connectivity index (χ0) is 15.6. The van der Waals surface area contributed by atoms with E-state index in [1.54, 1.807) is 4.88 Å². The first-order valence-corrected chi connectivity index (χ1v) is 9.51. The molecule has 0 amide bonds. The SMILES string of the molecule is CCCCCN=C(NCC)NCCN1CCc2sccc2C1. The highest BCUT2D eigenvalue weighted by molar-refractivity contribution is 7.10. The summed E-state index contributed by atoms with van der Waals surface area (Å²) in [5.41, 5.74) is 1.52. The van der Waals surface area contributed by atoms with Crippen molar-refractivity contribution in [2.24, 2.45) is 4.99 Å². The van der Waals surface area contributed by atoms with E-state index in [0.717, 1.165) is 38.7 Å². The molecule has 1 aromatic heterocycles. The van der Waals surface area contributed by atoms with E-state index in [1.165, 1.54) is 37.8 Å². The molecule has 0 aromatic carbocycles. The van der Waals surface area contributed by atoms with Crippen molar-refractivity contribution in [1.29, 1.82) is 0 Å². The molecule has 0 atom stereocenters. The normalized spacial score (nSPS) is 15.6. The van der Waals surface area contributed by atoms with Gasteiger partial charge in [0.15, 0.2) is 5.96 Å². The molecule has 0 bridgehead atoms. The minimum absolute atomic E-state index is 0.918. The first kappa shape index (κ1) is 17.3. The van der Waals surface area contributed by atoms with Crippen LogP contribution in [0.5, 0.6) is 0 Å². The third-order valence-corrected chi connectivity index (χ3v) is 5.01. The quantitative estimate of drug-likeness (QED) is 0.439. The third-order valence-electron chi connectivity index (χ3n) is 3.98. The molecule has 5 heteroatoms. The van der Waals surface area contributed by atoms with Gasteiger partial charge in [-0.25, -0.2) is 0 Å². The second-order valence-electron chi connectivity index (χ2n) is 5.79. The molecule has 0 saturated carbocycles. The fourth-order valence-electron chi connectivity index (χ4n) is 2.72. The molecule has 2 rings (SSSR count). The van der Waals surface area contributed by atoms with Gasteiger partial charge in [-0.2, -0.15) is 0 Å². The monoisotopic (exact) mass is 322 g/mol. The average molecular weight is 323 g/mol. The van der Waals surface area contributed by atoms with Gasteiger partial charge in [0, 0.05) is 44.1 Å². The Balaban J connectivity index is 1.69. The molecule has 124 valence electrons. The lowest BCUT2D eigenvalue weighted by atomic mass is 10.1. The van der Waals surface area contributed by atoms with Crippen LogP contribution in [-0.2, 0) is 13.0 Å². The molecular weight excluding hydrogens is 292 g/mol. The van der Waals surface area contributed by atoms with Crippen molar-refractivity contribution in [3.63, 3.8) is 0 Å². The molecule has 2 N–H and O–H groups in total. The van der Waals surface area contributed by atoms with Crippen LogP contribution in [0.3, 0.4) is 0 Å². The second kappa shape index (κ2) is 9.85. The van der Waals surface area contributed by atoms with Gasteiger partial charge in [0.1, 0.15) is 0 Å². The maximum Gasteiger partial charge on any atom is 0.191 e. The molecule has 22 heavy (non-hydrogen) atoms. The van der Waals surface area contributed by atoms with Crippen LogP contribution >= 0.6 is 11.3 Å². The Morgan fingerprint density at radius 2 is 2.23 bits per heavy atom. The van der Waals surface area contributed by atoms with Crippen LogP contribution < -0.4 is 10.6 Å². The molecule has 1 aliphatic rings. The lowest BCUT2D eigenvalue weighted by molar-refractivity contribution is 0.260. The van der Waals surface area contributed by atoms with E-state index in [-0.39, 0.29) is 0 Å². The molecular formula is C17H30N4S. The summed E-state index contributed by atoms with van der Waals surface area (Å²) < 4.78 is 0. The van der Waals surface area contributed by atoms with Gasteiger partial charge in [-0.05, 0) is 36.8 Å². The molecule has 0 fully saturated rings. The van der Waals surface area contributed by atoms with Gasteiger partial charge in [0.25, 0.3) is 0 Å². The highest BCUT2D eigenvalue weighted by Crippen LogP contribution is 2.23. The van der Waals surface area contributed by atoms with E-state index in [9.17, 15) is 0 Å². The van der Waals surface area contributed by atoms with E-state index in [1.807, 2.05) is 11.3 Å². The number of unbranched alkanes of at least 4 members (excludes halogenated alkanes) is 2. The number of guanidine groups is 1.